The molecule has 1 unspecified atom stereocenters. The van der Waals surface area contributed by atoms with Crippen LogP contribution in [0.5, 0.6) is 0 Å². The number of aromatic nitrogens is 1. The van der Waals surface area contributed by atoms with E-state index in [0.29, 0.717) is 25.8 Å². The Hall–Kier alpha value is -1.56. The van der Waals surface area contributed by atoms with Crippen molar-refractivity contribution < 1.29 is 19.1 Å². The third-order valence-corrected chi connectivity index (χ3v) is 2.66. The molecule has 1 saturated heterocycles. The van der Waals surface area contributed by atoms with E-state index in [2.05, 4.69) is 4.98 Å². The zero-order valence-corrected chi connectivity index (χ0v) is 9.05. The maximum atomic E-state index is 10.7. The largest absolute Gasteiger partial charge is 0.476 e. The number of rotatable bonds is 3. The molecule has 1 fully saturated rings. The topological polar surface area (TPSA) is 75.8 Å². The fourth-order valence-corrected chi connectivity index (χ4v) is 1.74. The predicted molar refractivity (Wildman–Crippen MR) is 55.7 cm³/mol. The molecule has 2 heterocycles. The summed E-state index contributed by atoms with van der Waals surface area (Å²) in [4.78, 5) is 16.6. The van der Waals surface area contributed by atoms with Gasteiger partial charge >= 0.3 is 5.97 Å². The first kappa shape index (κ1) is 10.9. The average molecular weight is 226 g/mol. The predicted octanol–water partition coefficient (Wildman–Crippen LogP) is 0.988. The molecule has 1 atom stereocenters. The first-order valence-electron chi connectivity index (χ1n) is 5.25. The van der Waals surface area contributed by atoms with Crippen molar-refractivity contribution in [1.29, 1.82) is 0 Å². The summed E-state index contributed by atoms with van der Waals surface area (Å²) in [5.41, 5.74) is -0.0589. The molecular formula is C10H14N2O4. The van der Waals surface area contributed by atoms with Gasteiger partial charge in [-0.2, -0.15) is 4.98 Å². The maximum absolute atomic E-state index is 10.7. The Morgan fingerprint density at radius 1 is 1.75 bits per heavy atom. The summed E-state index contributed by atoms with van der Waals surface area (Å²) in [5.74, 6) is -1.07. The maximum Gasteiger partial charge on any atom is 0.357 e. The van der Waals surface area contributed by atoms with Gasteiger partial charge in [-0.15, -0.1) is 0 Å². The number of nitrogens with zero attached hydrogens (tertiary/aromatic N) is 2. The molecular weight excluding hydrogens is 212 g/mol. The monoisotopic (exact) mass is 226 g/mol. The van der Waals surface area contributed by atoms with Crippen molar-refractivity contribution in [2.24, 2.45) is 0 Å². The zero-order chi connectivity index (χ0) is 11.5. The molecule has 2 rings (SSSR count). The van der Waals surface area contributed by atoms with Gasteiger partial charge in [0.2, 0.25) is 0 Å². The lowest BCUT2D eigenvalue weighted by Crippen LogP contribution is -2.45. The zero-order valence-electron chi connectivity index (χ0n) is 9.05. The van der Waals surface area contributed by atoms with Crippen molar-refractivity contribution in [3.8, 4) is 0 Å². The van der Waals surface area contributed by atoms with Gasteiger partial charge in [-0.25, -0.2) is 4.79 Å². The summed E-state index contributed by atoms with van der Waals surface area (Å²) >= 11 is 0. The summed E-state index contributed by atoms with van der Waals surface area (Å²) in [7, 11) is 0. The Morgan fingerprint density at radius 3 is 3.19 bits per heavy atom. The first-order valence-corrected chi connectivity index (χ1v) is 5.25. The van der Waals surface area contributed by atoms with Crippen LogP contribution in [0.1, 0.15) is 23.8 Å². The van der Waals surface area contributed by atoms with Gasteiger partial charge in [0.05, 0.1) is 19.3 Å². The molecule has 0 aromatic carbocycles. The molecule has 0 spiro atoms. The van der Waals surface area contributed by atoms with E-state index in [-0.39, 0.29) is 11.7 Å². The Kier molecular flexibility index (Phi) is 3.09. The van der Waals surface area contributed by atoms with E-state index in [9.17, 15) is 4.79 Å². The third-order valence-electron chi connectivity index (χ3n) is 2.66. The molecule has 16 heavy (non-hydrogen) atoms. The molecule has 1 aliphatic rings. The van der Waals surface area contributed by atoms with Crippen LogP contribution in [0.4, 0.5) is 6.01 Å². The molecule has 6 heteroatoms. The molecule has 0 radical (unpaired) electrons. The van der Waals surface area contributed by atoms with E-state index in [1.165, 1.54) is 6.26 Å². The van der Waals surface area contributed by atoms with Crippen LogP contribution in [-0.2, 0) is 4.74 Å². The summed E-state index contributed by atoms with van der Waals surface area (Å²) in [6.07, 6.45) is 2.07. The molecule has 6 nitrogen and oxygen atoms in total. The van der Waals surface area contributed by atoms with Crippen molar-refractivity contribution in [1.82, 2.24) is 4.98 Å². The van der Waals surface area contributed by atoms with Gasteiger partial charge in [0.1, 0.15) is 6.26 Å². The van der Waals surface area contributed by atoms with E-state index in [1.54, 1.807) is 0 Å². The Morgan fingerprint density at radius 2 is 2.56 bits per heavy atom. The molecule has 0 amide bonds. The van der Waals surface area contributed by atoms with Crippen LogP contribution in [0.15, 0.2) is 10.7 Å². The van der Waals surface area contributed by atoms with Crippen molar-refractivity contribution in [2.45, 2.75) is 19.4 Å². The van der Waals surface area contributed by atoms with E-state index in [1.807, 2.05) is 11.8 Å². The van der Waals surface area contributed by atoms with Gasteiger partial charge in [-0.05, 0) is 6.42 Å². The highest BCUT2D eigenvalue weighted by molar-refractivity contribution is 5.85. The number of carboxylic acids is 1. The van der Waals surface area contributed by atoms with Gasteiger partial charge in [-0.3, -0.25) is 0 Å². The molecule has 88 valence electrons. The number of aromatic carboxylic acids is 1. The number of oxazole rings is 1. The Bertz CT molecular complexity index is 377. The normalized spacial score (nSPS) is 21.1. The number of hydrogen-bond donors (Lipinski definition) is 1. The quantitative estimate of drug-likeness (QED) is 0.828. The van der Waals surface area contributed by atoms with Crippen molar-refractivity contribution in [3.05, 3.63) is 12.0 Å². The number of anilines is 1. The van der Waals surface area contributed by atoms with Crippen LogP contribution in [0.25, 0.3) is 0 Å². The highest BCUT2D eigenvalue weighted by atomic mass is 16.5. The second kappa shape index (κ2) is 4.52. The molecule has 0 aliphatic carbocycles. The fraction of sp³-hybridized carbons (Fsp3) is 0.600. The van der Waals surface area contributed by atoms with Crippen LogP contribution in [0.3, 0.4) is 0 Å². The van der Waals surface area contributed by atoms with Crippen molar-refractivity contribution in [3.63, 3.8) is 0 Å². The number of carboxylic acid groups (broad SMARTS) is 1. The van der Waals surface area contributed by atoms with Gasteiger partial charge in [-0.1, -0.05) is 6.92 Å². The van der Waals surface area contributed by atoms with E-state index >= 15 is 0 Å². The molecule has 1 aromatic heterocycles. The summed E-state index contributed by atoms with van der Waals surface area (Å²) < 4.78 is 10.5. The molecule has 0 bridgehead atoms. The molecule has 1 aliphatic heterocycles. The van der Waals surface area contributed by atoms with Crippen molar-refractivity contribution >= 4 is 12.0 Å². The van der Waals surface area contributed by atoms with Gasteiger partial charge < -0.3 is 19.2 Å². The van der Waals surface area contributed by atoms with Crippen LogP contribution >= 0.6 is 0 Å². The second-order valence-corrected chi connectivity index (χ2v) is 3.65. The minimum absolute atomic E-state index is 0.0589. The van der Waals surface area contributed by atoms with E-state index in [0.717, 1.165) is 6.42 Å². The standard InChI is InChI=1S/C10H14N2O4/c1-2-7-5-15-4-3-12(7)10-11-8(6-16-10)9(13)14/h6-7H,2-5H2,1H3,(H,13,14). The highest BCUT2D eigenvalue weighted by Crippen LogP contribution is 2.20. The molecule has 1 N–H and O–H groups in total. The van der Waals surface area contributed by atoms with E-state index in [4.69, 9.17) is 14.3 Å². The Balaban J connectivity index is 2.17. The lowest BCUT2D eigenvalue weighted by Gasteiger charge is -2.33. The molecule has 0 saturated carbocycles. The van der Waals surface area contributed by atoms with Gasteiger partial charge in [0.25, 0.3) is 6.01 Å². The molecule has 1 aromatic rings. The number of morpholine rings is 1. The summed E-state index contributed by atoms with van der Waals surface area (Å²) in [5, 5.41) is 8.75. The van der Waals surface area contributed by atoms with Gasteiger partial charge in [0.15, 0.2) is 5.69 Å². The first-order chi connectivity index (χ1) is 7.72. The number of carbonyl (C=O) groups is 1. The van der Waals surface area contributed by atoms with Gasteiger partial charge in [0, 0.05) is 6.54 Å². The lowest BCUT2D eigenvalue weighted by molar-refractivity contribution is 0.0690. The van der Waals surface area contributed by atoms with E-state index < -0.39 is 5.97 Å². The Labute approximate surface area is 92.8 Å². The average Bonchev–Trinajstić information content (AvgIpc) is 2.78. The number of ether oxygens (including phenoxy) is 1. The second-order valence-electron chi connectivity index (χ2n) is 3.65. The highest BCUT2D eigenvalue weighted by Gasteiger charge is 2.26. The lowest BCUT2D eigenvalue weighted by atomic mass is 10.2. The minimum Gasteiger partial charge on any atom is -0.476 e. The van der Waals surface area contributed by atoms with Crippen LogP contribution < -0.4 is 4.90 Å². The van der Waals surface area contributed by atoms with Crippen LogP contribution in [0.2, 0.25) is 0 Å². The fourth-order valence-electron chi connectivity index (χ4n) is 1.74. The van der Waals surface area contributed by atoms with Crippen LogP contribution in [-0.4, -0.2) is 41.9 Å². The summed E-state index contributed by atoms with van der Waals surface area (Å²) in [6, 6.07) is 0.571. The van der Waals surface area contributed by atoms with Crippen molar-refractivity contribution in [2.75, 3.05) is 24.7 Å². The van der Waals surface area contributed by atoms with Crippen LogP contribution in [0, 0.1) is 0 Å². The SMILES string of the molecule is CCC1COCCN1c1nc(C(=O)O)co1. The smallest absolute Gasteiger partial charge is 0.357 e. The summed E-state index contributed by atoms with van der Waals surface area (Å²) in [6.45, 7) is 3.97. The number of hydrogen-bond acceptors (Lipinski definition) is 5. The minimum atomic E-state index is -1.07. The third kappa shape index (κ3) is 2.01.